The summed E-state index contributed by atoms with van der Waals surface area (Å²) in [5.74, 6) is 0.170. The van der Waals surface area contributed by atoms with Crippen molar-refractivity contribution in [1.82, 2.24) is 4.57 Å². The summed E-state index contributed by atoms with van der Waals surface area (Å²) in [5, 5.41) is 0. The van der Waals surface area contributed by atoms with E-state index in [0.717, 1.165) is 24.2 Å². The number of ether oxygens (including phenoxy) is 2. The number of esters is 1. The quantitative estimate of drug-likeness (QED) is 0.482. The molecule has 0 spiro atoms. The zero-order valence-corrected chi connectivity index (χ0v) is 21.5. The fraction of sp³-hybridized carbons (Fsp3) is 0.321. The summed E-state index contributed by atoms with van der Waals surface area (Å²) >= 11 is 1.33. The lowest BCUT2D eigenvalue weighted by atomic mass is 9.95. The van der Waals surface area contributed by atoms with Gasteiger partial charge in [0.05, 0.1) is 35.6 Å². The van der Waals surface area contributed by atoms with Crippen LogP contribution in [0.2, 0.25) is 0 Å². The number of fused-ring (bicyclic) bond motifs is 1. The Balaban J connectivity index is 1.62. The second-order valence-electron chi connectivity index (χ2n) is 8.86. The Morgan fingerprint density at radius 3 is 2.61 bits per heavy atom. The monoisotopic (exact) mass is 503 g/mol. The standard InChI is InChI=1S/C28H29N3O4S/c1-4-35-27(33)24-18(2)29-28-31(25(24)20-8-7-9-22(17-20)34-3)26(32)23(36-28)16-19-10-12-21(13-11-19)30-14-5-6-15-30/h7-13,16-17,25H,4-6,14-15H2,1-3H3/b23-16+/t25-/m0/s1. The molecule has 1 atom stereocenters. The smallest absolute Gasteiger partial charge is 0.338 e. The molecule has 1 saturated heterocycles. The molecule has 2 aromatic carbocycles. The van der Waals surface area contributed by atoms with Crippen molar-refractivity contribution in [2.24, 2.45) is 4.99 Å². The number of rotatable bonds is 6. The van der Waals surface area contributed by atoms with Crippen LogP contribution in [0.5, 0.6) is 5.75 Å². The zero-order valence-electron chi connectivity index (χ0n) is 20.7. The number of allylic oxidation sites excluding steroid dienone is 1. The van der Waals surface area contributed by atoms with E-state index in [1.54, 1.807) is 25.5 Å². The molecule has 0 unspecified atom stereocenters. The first kappa shape index (κ1) is 24.1. The number of carbonyl (C=O) groups is 1. The van der Waals surface area contributed by atoms with Crippen LogP contribution in [0.1, 0.15) is 43.9 Å². The lowest BCUT2D eigenvalue weighted by Gasteiger charge is -2.25. The Labute approximate surface area is 213 Å². The van der Waals surface area contributed by atoms with Crippen molar-refractivity contribution in [3.63, 3.8) is 0 Å². The summed E-state index contributed by atoms with van der Waals surface area (Å²) in [6.45, 7) is 5.96. The second kappa shape index (κ2) is 10.1. The molecule has 186 valence electrons. The Morgan fingerprint density at radius 1 is 1.17 bits per heavy atom. The number of aromatic nitrogens is 1. The maximum atomic E-state index is 13.7. The molecular formula is C28H29N3O4S. The van der Waals surface area contributed by atoms with Crippen LogP contribution in [0.25, 0.3) is 6.08 Å². The van der Waals surface area contributed by atoms with Gasteiger partial charge >= 0.3 is 5.97 Å². The zero-order chi connectivity index (χ0) is 25.2. The van der Waals surface area contributed by atoms with E-state index in [-0.39, 0.29) is 12.2 Å². The maximum Gasteiger partial charge on any atom is 0.338 e. The summed E-state index contributed by atoms with van der Waals surface area (Å²) in [6, 6.07) is 15.1. The van der Waals surface area contributed by atoms with Gasteiger partial charge in [-0.15, -0.1) is 0 Å². The summed E-state index contributed by atoms with van der Waals surface area (Å²) in [7, 11) is 1.59. The van der Waals surface area contributed by atoms with Crippen molar-refractivity contribution in [2.75, 3.05) is 31.7 Å². The minimum atomic E-state index is -0.657. The number of nitrogens with zero attached hydrogens (tertiary/aromatic N) is 3. The average molecular weight is 504 g/mol. The van der Waals surface area contributed by atoms with Crippen molar-refractivity contribution >= 4 is 29.1 Å². The van der Waals surface area contributed by atoms with Gasteiger partial charge in [-0.1, -0.05) is 35.6 Å². The lowest BCUT2D eigenvalue weighted by molar-refractivity contribution is -0.139. The van der Waals surface area contributed by atoms with Crippen molar-refractivity contribution in [3.8, 4) is 5.75 Å². The van der Waals surface area contributed by atoms with Gasteiger partial charge < -0.3 is 14.4 Å². The highest BCUT2D eigenvalue weighted by molar-refractivity contribution is 7.07. The van der Waals surface area contributed by atoms with Crippen molar-refractivity contribution in [2.45, 2.75) is 32.7 Å². The summed E-state index contributed by atoms with van der Waals surface area (Å²) in [6.07, 6.45) is 4.35. The van der Waals surface area contributed by atoms with Crippen LogP contribution >= 0.6 is 11.3 Å². The third kappa shape index (κ3) is 4.48. The Hall–Kier alpha value is -3.65. The minimum absolute atomic E-state index is 0.190. The highest BCUT2D eigenvalue weighted by atomic mass is 32.1. The van der Waals surface area contributed by atoms with Crippen LogP contribution < -0.4 is 24.5 Å². The summed E-state index contributed by atoms with van der Waals surface area (Å²) < 4.78 is 12.9. The van der Waals surface area contributed by atoms with E-state index in [9.17, 15) is 9.59 Å². The van der Waals surface area contributed by atoms with Gasteiger partial charge in [0.25, 0.3) is 5.56 Å². The minimum Gasteiger partial charge on any atom is -0.497 e. The van der Waals surface area contributed by atoms with E-state index >= 15 is 0 Å². The molecule has 8 heteroatoms. The van der Waals surface area contributed by atoms with Crippen LogP contribution in [0.3, 0.4) is 0 Å². The van der Waals surface area contributed by atoms with E-state index in [0.29, 0.717) is 26.4 Å². The fourth-order valence-electron chi connectivity index (χ4n) is 4.83. The molecular weight excluding hydrogens is 474 g/mol. The molecule has 1 fully saturated rings. The van der Waals surface area contributed by atoms with Gasteiger partial charge in [0.1, 0.15) is 5.75 Å². The molecule has 7 nitrogen and oxygen atoms in total. The predicted molar refractivity (Wildman–Crippen MR) is 141 cm³/mol. The fourth-order valence-corrected chi connectivity index (χ4v) is 5.87. The van der Waals surface area contributed by atoms with Gasteiger partial charge in [0.15, 0.2) is 4.80 Å². The largest absolute Gasteiger partial charge is 0.497 e. The van der Waals surface area contributed by atoms with E-state index in [1.807, 2.05) is 42.5 Å². The molecule has 2 aliphatic rings. The first-order valence-electron chi connectivity index (χ1n) is 12.2. The Morgan fingerprint density at radius 2 is 1.92 bits per heavy atom. The van der Waals surface area contributed by atoms with Crippen LogP contribution in [-0.4, -0.2) is 37.3 Å². The molecule has 0 aliphatic carbocycles. The number of anilines is 1. The number of benzene rings is 2. The van der Waals surface area contributed by atoms with Crippen molar-refractivity contribution in [3.05, 3.63) is 90.6 Å². The summed E-state index contributed by atoms with van der Waals surface area (Å²) in [5.41, 5.74) is 3.63. The van der Waals surface area contributed by atoms with E-state index < -0.39 is 12.0 Å². The molecule has 1 aromatic heterocycles. The second-order valence-corrected chi connectivity index (χ2v) is 9.87. The van der Waals surface area contributed by atoms with Gasteiger partial charge in [-0.05, 0) is 68.2 Å². The third-order valence-corrected chi connectivity index (χ3v) is 7.57. The van der Waals surface area contributed by atoms with E-state index in [4.69, 9.17) is 9.47 Å². The number of hydrogen-bond acceptors (Lipinski definition) is 7. The molecule has 0 N–H and O–H groups in total. The SMILES string of the molecule is CCOC(=O)C1=C(C)N=c2s/c(=C/c3ccc(N4CCCC4)cc3)c(=O)n2[C@H]1c1cccc(OC)c1. The normalized spacial score (nSPS) is 17.7. The lowest BCUT2D eigenvalue weighted by Crippen LogP contribution is -2.39. The van der Waals surface area contributed by atoms with Gasteiger partial charge in [-0.25, -0.2) is 9.79 Å². The van der Waals surface area contributed by atoms with Crippen LogP contribution in [-0.2, 0) is 9.53 Å². The van der Waals surface area contributed by atoms with Gasteiger partial charge in [-0.2, -0.15) is 0 Å². The predicted octanol–water partition coefficient (Wildman–Crippen LogP) is 3.41. The van der Waals surface area contributed by atoms with E-state index in [1.165, 1.54) is 29.9 Å². The van der Waals surface area contributed by atoms with Crippen LogP contribution in [0.4, 0.5) is 5.69 Å². The molecule has 0 amide bonds. The van der Waals surface area contributed by atoms with Crippen molar-refractivity contribution in [1.29, 1.82) is 0 Å². The molecule has 5 rings (SSSR count). The highest BCUT2D eigenvalue weighted by Gasteiger charge is 2.33. The number of carbonyl (C=O) groups excluding carboxylic acids is 1. The first-order valence-corrected chi connectivity index (χ1v) is 13.0. The van der Waals surface area contributed by atoms with Gasteiger partial charge in [-0.3, -0.25) is 9.36 Å². The molecule has 3 heterocycles. The van der Waals surface area contributed by atoms with Crippen LogP contribution in [0, 0.1) is 0 Å². The number of hydrogen-bond donors (Lipinski definition) is 0. The van der Waals surface area contributed by atoms with Crippen LogP contribution in [0.15, 0.2) is 69.6 Å². The third-order valence-electron chi connectivity index (χ3n) is 6.59. The molecule has 36 heavy (non-hydrogen) atoms. The molecule has 2 aliphatic heterocycles. The molecule has 0 saturated carbocycles. The molecule has 0 radical (unpaired) electrons. The Kier molecular flexibility index (Phi) is 6.78. The molecule has 3 aromatic rings. The molecule has 0 bridgehead atoms. The van der Waals surface area contributed by atoms with Gasteiger partial charge in [0.2, 0.25) is 0 Å². The van der Waals surface area contributed by atoms with Gasteiger partial charge in [0, 0.05) is 18.8 Å². The highest BCUT2D eigenvalue weighted by Crippen LogP contribution is 2.32. The summed E-state index contributed by atoms with van der Waals surface area (Å²) in [4.78, 5) is 34.3. The first-order chi connectivity index (χ1) is 17.5. The number of thiazole rings is 1. The Bertz CT molecular complexity index is 1490. The maximum absolute atomic E-state index is 13.7. The topological polar surface area (TPSA) is 73.1 Å². The number of methoxy groups -OCH3 is 1. The van der Waals surface area contributed by atoms with E-state index in [2.05, 4.69) is 22.0 Å². The van der Waals surface area contributed by atoms with Crippen molar-refractivity contribution < 1.29 is 14.3 Å². The average Bonchev–Trinajstić information content (AvgIpc) is 3.52.